The number of esters is 2. The smallest absolute Gasteiger partial charge is 0.306 e. The Morgan fingerprint density at radius 1 is 0.477 bits per heavy atom. The van der Waals surface area contributed by atoms with Gasteiger partial charge in [0.1, 0.15) is 17.5 Å². The van der Waals surface area contributed by atoms with Crippen molar-refractivity contribution in [2.45, 2.75) is 278 Å². The van der Waals surface area contributed by atoms with Crippen LogP contribution in [0.4, 0.5) is 11.4 Å². The fourth-order valence-corrected chi connectivity index (χ4v) is 9.29. The first kappa shape index (κ1) is 60.6. The maximum absolute atomic E-state index is 12.9. The highest BCUT2D eigenvalue weighted by Gasteiger charge is 2.19. The van der Waals surface area contributed by atoms with Gasteiger partial charge in [0.05, 0.1) is 6.61 Å². The van der Waals surface area contributed by atoms with E-state index in [0.29, 0.717) is 43.3 Å². The molecule has 0 aliphatic heterocycles. The summed E-state index contributed by atoms with van der Waals surface area (Å²) in [7, 11) is 1.68. The Morgan fingerprint density at radius 2 is 0.892 bits per heavy atom. The molecule has 0 fully saturated rings. The van der Waals surface area contributed by atoms with Crippen molar-refractivity contribution in [2.24, 2.45) is 5.92 Å². The Balaban J connectivity index is 2.42. The van der Waals surface area contributed by atoms with Crippen LogP contribution in [0.2, 0.25) is 0 Å². The molecule has 0 saturated carbocycles. The molecule has 0 heterocycles. The monoisotopic (exact) mass is 916 g/mol. The third-order valence-electron chi connectivity index (χ3n) is 13.5. The third kappa shape index (κ3) is 33.7. The topological polar surface area (TPSA) is 114 Å². The third-order valence-corrected chi connectivity index (χ3v) is 13.5. The standard InChI is InChI=1S/C56H105N3O6/c1-6-10-14-18-23-31-40-50(41-32-24-19-15-11-7-2)65-51(60)42-33-25-22-27-35-45-59(46-37-43-58-54-53(57-5)55(62)56(54)63)44-34-26-20-21-28-36-47-64-52(61)48-49(38-29-16-12-8-3)39-30-17-13-9-4/h49-50,57-58H,6-48H2,1-5H3. The van der Waals surface area contributed by atoms with Crippen LogP contribution in [0.5, 0.6) is 0 Å². The SMILES string of the molecule is CCCCCCCCC(CCCCCCCC)OC(=O)CCCCCCCN(CCCCCCCCOC(=O)CC(CCCCCC)CCCCCC)CCCNc1c(NC)c(=O)c1=O. The molecule has 0 radical (unpaired) electrons. The van der Waals surface area contributed by atoms with Gasteiger partial charge in [0.15, 0.2) is 0 Å². The molecule has 0 aliphatic carbocycles. The van der Waals surface area contributed by atoms with Crippen LogP contribution in [0, 0.1) is 5.92 Å². The van der Waals surface area contributed by atoms with E-state index in [4.69, 9.17) is 9.47 Å². The van der Waals surface area contributed by atoms with Gasteiger partial charge in [0.2, 0.25) is 0 Å². The van der Waals surface area contributed by atoms with Crippen LogP contribution in [-0.4, -0.2) is 62.8 Å². The zero-order chi connectivity index (χ0) is 47.4. The van der Waals surface area contributed by atoms with E-state index in [1.807, 2.05) is 0 Å². The summed E-state index contributed by atoms with van der Waals surface area (Å²) in [4.78, 5) is 52.0. The lowest BCUT2D eigenvalue weighted by molar-refractivity contribution is -0.150. The Hall–Kier alpha value is -2.42. The first-order valence-electron chi connectivity index (χ1n) is 28.1. The van der Waals surface area contributed by atoms with Gasteiger partial charge in [0, 0.05) is 26.4 Å². The molecule has 1 aromatic carbocycles. The lowest BCUT2D eigenvalue weighted by atomic mass is 9.92. The van der Waals surface area contributed by atoms with E-state index in [2.05, 4.69) is 43.2 Å². The van der Waals surface area contributed by atoms with Crippen molar-refractivity contribution in [3.8, 4) is 0 Å². The second-order valence-electron chi connectivity index (χ2n) is 19.6. The van der Waals surface area contributed by atoms with Crippen molar-refractivity contribution in [2.75, 3.05) is 50.5 Å². The predicted molar refractivity (Wildman–Crippen MR) is 278 cm³/mol. The molecule has 65 heavy (non-hydrogen) atoms. The summed E-state index contributed by atoms with van der Waals surface area (Å²) in [6.45, 7) is 13.3. The van der Waals surface area contributed by atoms with Gasteiger partial charge in [-0.25, -0.2) is 0 Å². The summed E-state index contributed by atoms with van der Waals surface area (Å²) in [5.41, 5.74) is -0.0346. The van der Waals surface area contributed by atoms with Gasteiger partial charge in [-0.3, -0.25) is 19.2 Å². The van der Waals surface area contributed by atoms with Crippen LogP contribution >= 0.6 is 0 Å². The summed E-state index contributed by atoms with van der Waals surface area (Å²) in [5.74, 6) is 0.484. The van der Waals surface area contributed by atoms with Crippen molar-refractivity contribution in [3.05, 3.63) is 20.4 Å². The maximum atomic E-state index is 12.9. The highest BCUT2D eigenvalue weighted by Crippen LogP contribution is 2.23. The van der Waals surface area contributed by atoms with Crippen molar-refractivity contribution in [3.63, 3.8) is 0 Å². The quantitative estimate of drug-likeness (QED) is 0.0375. The van der Waals surface area contributed by atoms with Gasteiger partial charge in [0.25, 0.3) is 10.9 Å². The molecule has 0 unspecified atom stereocenters. The number of hydrogen-bond donors (Lipinski definition) is 2. The number of anilines is 2. The van der Waals surface area contributed by atoms with Crippen LogP contribution in [0.3, 0.4) is 0 Å². The molecule has 0 aliphatic rings. The van der Waals surface area contributed by atoms with Gasteiger partial charge in [-0.05, 0) is 96.2 Å². The average molecular weight is 916 g/mol. The number of rotatable bonds is 50. The first-order valence-corrected chi connectivity index (χ1v) is 28.1. The number of nitrogens with one attached hydrogen (secondary N) is 2. The van der Waals surface area contributed by atoms with E-state index in [-0.39, 0.29) is 18.0 Å². The number of ether oxygens (including phenoxy) is 2. The van der Waals surface area contributed by atoms with E-state index in [0.717, 1.165) is 103 Å². The maximum Gasteiger partial charge on any atom is 0.306 e. The Labute approximate surface area is 400 Å². The van der Waals surface area contributed by atoms with Crippen molar-refractivity contribution in [1.82, 2.24) is 4.90 Å². The minimum atomic E-state index is -0.434. The highest BCUT2D eigenvalue weighted by molar-refractivity contribution is 5.73. The number of unbranched alkanes of at least 4 members (excludes halogenated alkanes) is 25. The average Bonchev–Trinajstić information content (AvgIpc) is 3.30. The summed E-state index contributed by atoms with van der Waals surface area (Å²) in [5, 5.41) is 6.04. The minimum Gasteiger partial charge on any atom is -0.466 e. The van der Waals surface area contributed by atoms with E-state index < -0.39 is 10.9 Å². The molecular formula is C56H105N3O6. The Kier molecular flexibility index (Phi) is 41.1. The second kappa shape index (κ2) is 44.1. The second-order valence-corrected chi connectivity index (χ2v) is 19.6. The molecule has 2 N–H and O–H groups in total. The van der Waals surface area contributed by atoms with Crippen molar-refractivity contribution in [1.29, 1.82) is 0 Å². The fourth-order valence-electron chi connectivity index (χ4n) is 9.29. The van der Waals surface area contributed by atoms with Crippen LogP contribution in [0.1, 0.15) is 272 Å². The predicted octanol–water partition coefficient (Wildman–Crippen LogP) is 15.0. The van der Waals surface area contributed by atoms with Crippen molar-refractivity contribution >= 4 is 23.3 Å². The largest absolute Gasteiger partial charge is 0.466 e. The molecule has 380 valence electrons. The normalized spacial score (nSPS) is 11.7. The molecule has 9 heteroatoms. The molecule has 1 rings (SSSR count). The van der Waals surface area contributed by atoms with Crippen LogP contribution in [0.25, 0.3) is 0 Å². The number of nitrogens with zero attached hydrogens (tertiary/aromatic N) is 1. The van der Waals surface area contributed by atoms with Crippen LogP contribution < -0.4 is 21.5 Å². The zero-order valence-electron chi connectivity index (χ0n) is 43.5. The lowest BCUT2D eigenvalue weighted by Crippen LogP contribution is -2.37. The lowest BCUT2D eigenvalue weighted by Gasteiger charge is -2.23. The zero-order valence-corrected chi connectivity index (χ0v) is 43.5. The Bertz CT molecular complexity index is 1280. The summed E-state index contributed by atoms with van der Waals surface area (Å²) < 4.78 is 11.8. The van der Waals surface area contributed by atoms with Gasteiger partial charge < -0.3 is 25.0 Å². The Morgan fingerprint density at radius 3 is 1.42 bits per heavy atom. The molecular weight excluding hydrogens is 811 g/mol. The van der Waals surface area contributed by atoms with Gasteiger partial charge >= 0.3 is 11.9 Å². The van der Waals surface area contributed by atoms with E-state index >= 15 is 0 Å². The molecule has 0 aromatic heterocycles. The first-order chi connectivity index (χ1) is 31.8. The van der Waals surface area contributed by atoms with Gasteiger partial charge in [-0.15, -0.1) is 0 Å². The van der Waals surface area contributed by atoms with Crippen LogP contribution in [0.15, 0.2) is 9.59 Å². The number of hydrogen-bond acceptors (Lipinski definition) is 9. The molecule has 0 amide bonds. The molecule has 0 bridgehead atoms. The van der Waals surface area contributed by atoms with Gasteiger partial charge in [-0.1, -0.05) is 188 Å². The summed E-state index contributed by atoms with van der Waals surface area (Å²) in [6, 6.07) is 0. The number of carbonyl (C=O) groups is 2. The van der Waals surface area contributed by atoms with E-state index in [1.165, 1.54) is 148 Å². The molecule has 0 atom stereocenters. The summed E-state index contributed by atoms with van der Waals surface area (Å²) >= 11 is 0. The minimum absolute atomic E-state index is 0.000972. The molecule has 0 spiro atoms. The molecule has 0 saturated heterocycles. The van der Waals surface area contributed by atoms with E-state index in [9.17, 15) is 19.2 Å². The van der Waals surface area contributed by atoms with E-state index in [1.54, 1.807) is 7.05 Å². The van der Waals surface area contributed by atoms with Crippen molar-refractivity contribution < 1.29 is 19.1 Å². The summed E-state index contributed by atoms with van der Waals surface area (Å²) in [6.07, 6.45) is 43.9. The van der Waals surface area contributed by atoms with Crippen LogP contribution in [-0.2, 0) is 19.1 Å². The van der Waals surface area contributed by atoms with Gasteiger partial charge in [-0.2, -0.15) is 0 Å². The molecule has 9 nitrogen and oxygen atoms in total. The highest BCUT2D eigenvalue weighted by atomic mass is 16.5. The number of carbonyl (C=O) groups excluding carboxylic acids is 2. The molecule has 1 aromatic rings. The fraction of sp³-hybridized carbons (Fsp3) is 0.893.